The third kappa shape index (κ3) is 4.03. The molecule has 3 aromatic rings. The molecule has 0 aliphatic rings. The monoisotopic (exact) mass is 364 g/mol. The van der Waals surface area contributed by atoms with E-state index in [2.05, 4.69) is 15.0 Å². The van der Waals surface area contributed by atoms with Crippen LogP contribution in [0.2, 0.25) is 0 Å². The maximum absolute atomic E-state index is 12.4. The van der Waals surface area contributed by atoms with Crippen LogP contribution in [0.25, 0.3) is 10.8 Å². The fraction of sp³-hybridized carbons (Fsp3) is 0.176. The third-order valence-electron chi connectivity index (χ3n) is 3.29. The molecule has 0 atom stereocenters. The van der Waals surface area contributed by atoms with Gasteiger partial charge in [-0.15, -0.1) is 11.3 Å². The number of hydrogen-bond donors (Lipinski definition) is 1. The summed E-state index contributed by atoms with van der Waals surface area (Å²) in [6.45, 7) is 0.687. The molecule has 1 amide bonds. The van der Waals surface area contributed by atoms with Crippen molar-refractivity contribution in [2.45, 2.75) is 20.5 Å². The molecule has 0 fully saturated rings. The largest absolute Gasteiger partial charge is 0.459 e. The standard InChI is InChI=1S/C17H14F2N2O3S/c1-9-3-8-13(23-9)16-20-10(2)14(25-16)15(22)21-11-4-6-12(7-5-11)24-17(18)19/h3-8,17H,1-2H3,(H,21,22). The summed E-state index contributed by atoms with van der Waals surface area (Å²) in [7, 11) is 0. The number of aryl methyl sites for hydroxylation is 2. The molecule has 130 valence electrons. The van der Waals surface area contributed by atoms with Crippen LogP contribution in [0.15, 0.2) is 40.8 Å². The van der Waals surface area contributed by atoms with Gasteiger partial charge < -0.3 is 14.5 Å². The second kappa shape index (κ2) is 7.02. The Bertz CT molecular complexity index is 888. The van der Waals surface area contributed by atoms with Crippen molar-refractivity contribution in [2.75, 3.05) is 5.32 Å². The second-order valence-electron chi connectivity index (χ2n) is 5.20. The highest BCUT2D eigenvalue weighted by atomic mass is 32.1. The van der Waals surface area contributed by atoms with Crippen molar-refractivity contribution in [3.8, 4) is 16.5 Å². The number of anilines is 1. The first-order chi connectivity index (χ1) is 11.9. The van der Waals surface area contributed by atoms with E-state index in [1.54, 1.807) is 13.0 Å². The average molecular weight is 364 g/mol. The number of nitrogens with one attached hydrogen (secondary N) is 1. The molecular formula is C17H14F2N2O3S. The van der Waals surface area contributed by atoms with Crippen LogP contribution in [-0.2, 0) is 0 Å². The van der Waals surface area contributed by atoms with Crippen LogP contribution in [0, 0.1) is 13.8 Å². The fourth-order valence-corrected chi connectivity index (χ4v) is 3.09. The van der Waals surface area contributed by atoms with E-state index in [0.717, 1.165) is 5.76 Å². The number of ether oxygens (including phenoxy) is 1. The molecule has 1 N–H and O–H groups in total. The number of carbonyl (C=O) groups excluding carboxylic acids is 1. The van der Waals surface area contributed by atoms with Gasteiger partial charge in [0.25, 0.3) is 5.91 Å². The summed E-state index contributed by atoms with van der Waals surface area (Å²) in [6.07, 6.45) is 0. The Kier molecular flexibility index (Phi) is 4.80. The molecule has 0 saturated carbocycles. The molecule has 2 heterocycles. The Hall–Kier alpha value is -2.74. The van der Waals surface area contributed by atoms with Crippen molar-refractivity contribution in [2.24, 2.45) is 0 Å². The van der Waals surface area contributed by atoms with Crippen molar-refractivity contribution in [3.63, 3.8) is 0 Å². The fourth-order valence-electron chi connectivity index (χ4n) is 2.17. The number of aromatic nitrogens is 1. The number of alkyl halides is 2. The molecule has 25 heavy (non-hydrogen) atoms. The normalized spacial score (nSPS) is 10.9. The summed E-state index contributed by atoms with van der Waals surface area (Å²) in [5.74, 6) is 1.07. The molecule has 3 rings (SSSR count). The molecule has 0 aliphatic carbocycles. The lowest BCUT2D eigenvalue weighted by molar-refractivity contribution is -0.0498. The van der Waals surface area contributed by atoms with Crippen LogP contribution in [-0.4, -0.2) is 17.5 Å². The molecule has 2 aromatic heterocycles. The predicted molar refractivity (Wildman–Crippen MR) is 90.3 cm³/mol. The summed E-state index contributed by atoms with van der Waals surface area (Å²) < 4.78 is 34.1. The number of nitrogens with zero attached hydrogens (tertiary/aromatic N) is 1. The number of halogens is 2. The first-order valence-electron chi connectivity index (χ1n) is 7.33. The Labute approximate surface area is 146 Å². The first-order valence-corrected chi connectivity index (χ1v) is 8.14. The quantitative estimate of drug-likeness (QED) is 0.701. The number of amides is 1. The van der Waals surface area contributed by atoms with Gasteiger partial charge in [-0.25, -0.2) is 4.98 Å². The third-order valence-corrected chi connectivity index (χ3v) is 4.46. The van der Waals surface area contributed by atoms with E-state index in [1.807, 2.05) is 13.0 Å². The van der Waals surface area contributed by atoms with E-state index >= 15 is 0 Å². The van der Waals surface area contributed by atoms with Crippen LogP contribution in [0.5, 0.6) is 5.75 Å². The molecular weight excluding hydrogens is 350 g/mol. The van der Waals surface area contributed by atoms with E-state index in [9.17, 15) is 13.6 Å². The maximum Gasteiger partial charge on any atom is 0.387 e. The highest BCUT2D eigenvalue weighted by Crippen LogP contribution is 2.30. The van der Waals surface area contributed by atoms with E-state index < -0.39 is 6.61 Å². The highest BCUT2D eigenvalue weighted by molar-refractivity contribution is 7.17. The molecule has 0 unspecified atom stereocenters. The van der Waals surface area contributed by atoms with Gasteiger partial charge in [-0.2, -0.15) is 8.78 Å². The van der Waals surface area contributed by atoms with E-state index in [1.165, 1.54) is 35.6 Å². The number of hydrogen-bond acceptors (Lipinski definition) is 5. The summed E-state index contributed by atoms with van der Waals surface area (Å²) in [5.41, 5.74) is 1.05. The van der Waals surface area contributed by atoms with Gasteiger partial charge in [0.2, 0.25) is 0 Å². The number of carbonyl (C=O) groups is 1. The molecule has 0 radical (unpaired) electrons. The van der Waals surface area contributed by atoms with E-state index in [4.69, 9.17) is 4.42 Å². The summed E-state index contributed by atoms with van der Waals surface area (Å²) >= 11 is 1.22. The van der Waals surface area contributed by atoms with Crippen molar-refractivity contribution in [1.29, 1.82) is 0 Å². The molecule has 1 aromatic carbocycles. The van der Waals surface area contributed by atoms with E-state index in [-0.39, 0.29) is 11.7 Å². The van der Waals surface area contributed by atoms with Crippen molar-refractivity contribution in [3.05, 3.63) is 52.7 Å². The van der Waals surface area contributed by atoms with Crippen LogP contribution in [0.1, 0.15) is 21.1 Å². The molecule has 0 spiro atoms. The summed E-state index contributed by atoms with van der Waals surface area (Å²) in [5, 5.41) is 3.33. The predicted octanol–water partition coefficient (Wildman–Crippen LogP) is 4.87. The van der Waals surface area contributed by atoms with Gasteiger partial charge in [0.15, 0.2) is 10.8 Å². The maximum atomic E-state index is 12.4. The number of thiazole rings is 1. The summed E-state index contributed by atoms with van der Waals surface area (Å²) in [4.78, 5) is 17.2. The van der Waals surface area contributed by atoms with Gasteiger partial charge in [-0.1, -0.05) is 0 Å². The zero-order valence-corrected chi connectivity index (χ0v) is 14.2. The topological polar surface area (TPSA) is 64.4 Å². The smallest absolute Gasteiger partial charge is 0.387 e. The highest BCUT2D eigenvalue weighted by Gasteiger charge is 2.18. The lowest BCUT2D eigenvalue weighted by Gasteiger charge is -2.07. The Morgan fingerprint density at radius 3 is 2.52 bits per heavy atom. The minimum absolute atomic E-state index is 0.0254. The zero-order chi connectivity index (χ0) is 18.0. The summed E-state index contributed by atoms with van der Waals surface area (Å²) in [6, 6.07) is 9.33. The second-order valence-corrected chi connectivity index (χ2v) is 6.20. The molecule has 0 aliphatic heterocycles. The zero-order valence-electron chi connectivity index (χ0n) is 13.4. The number of rotatable bonds is 5. The molecule has 0 bridgehead atoms. The SMILES string of the molecule is Cc1ccc(-c2nc(C)c(C(=O)Nc3ccc(OC(F)F)cc3)s2)o1. The van der Waals surface area contributed by atoms with Crippen LogP contribution >= 0.6 is 11.3 Å². The minimum atomic E-state index is -2.89. The Morgan fingerprint density at radius 1 is 1.20 bits per heavy atom. The van der Waals surface area contributed by atoms with Crippen molar-refractivity contribution >= 4 is 22.9 Å². The van der Waals surface area contributed by atoms with Crippen LogP contribution < -0.4 is 10.1 Å². The lowest BCUT2D eigenvalue weighted by atomic mass is 10.3. The van der Waals surface area contributed by atoms with Gasteiger partial charge in [0.1, 0.15) is 16.4 Å². The van der Waals surface area contributed by atoms with Gasteiger partial charge in [-0.3, -0.25) is 4.79 Å². The minimum Gasteiger partial charge on any atom is -0.459 e. The molecule has 5 nitrogen and oxygen atoms in total. The van der Waals surface area contributed by atoms with Crippen LogP contribution in [0.4, 0.5) is 14.5 Å². The van der Waals surface area contributed by atoms with Gasteiger partial charge >= 0.3 is 6.61 Å². The van der Waals surface area contributed by atoms with Gasteiger partial charge in [0.05, 0.1) is 5.69 Å². The van der Waals surface area contributed by atoms with Gasteiger partial charge in [0, 0.05) is 5.69 Å². The van der Waals surface area contributed by atoms with E-state index in [0.29, 0.717) is 27.0 Å². The van der Waals surface area contributed by atoms with Crippen molar-refractivity contribution < 1.29 is 22.7 Å². The Morgan fingerprint density at radius 2 is 1.92 bits per heavy atom. The lowest BCUT2D eigenvalue weighted by Crippen LogP contribution is -2.11. The van der Waals surface area contributed by atoms with Crippen LogP contribution in [0.3, 0.4) is 0 Å². The molecule has 0 saturated heterocycles. The number of furan rings is 1. The van der Waals surface area contributed by atoms with Gasteiger partial charge in [-0.05, 0) is 50.2 Å². The molecule has 8 heteroatoms. The Balaban J connectivity index is 1.74. The van der Waals surface area contributed by atoms with Crippen molar-refractivity contribution in [1.82, 2.24) is 4.98 Å². The first kappa shape index (κ1) is 17.1. The number of benzene rings is 1. The average Bonchev–Trinajstić information content (AvgIpc) is 3.14.